The first kappa shape index (κ1) is 16.1. The van der Waals surface area contributed by atoms with Crippen LogP contribution in [-0.4, -0.2) is 5.78 Å². The van der Waals surface area contributed by atoms with Crippen LogP contribution in [0.15, 0.2) is 72.8 Å². The van der Waals surface area contributed by atoms with Crippen LogP contribution in [0.5, 0.6) is 0 Å². The monoisotopic (exact) mass is 346 g/mol. The maximum absolute atomic E-state index is 12.9. The van der Waals surface area contributed by atoms with Crippen LogP contribution in [0, 0.1) is 0 Å². The molecule has 0 aliphatic heterocycles. The molecule has 0 atom stereocenters. The summed E-state index contributed by atoms with van der Waals surface area (Å²) in [5.74, 6) is 0.457. The number of fused-ring (bicyclic) bond motifs is 2. The van der Waals surface area contributed by atoms with Crippen molar-refractivity contribution in [2.75, 3.05) is 0 Å². The van der Waals surface area contributed by atoms with Crippen LogP contribution in [0.4, 0.5) is 0 Å². The molecule has 0 unspecified atom stereocenters. The predicted molar refractivity (Wildman–Crippen MR) is 103 cm³/mol. The standard InChI is InChI=1S/C23H19ClO/c1-15(2)16-8-7-9-17(14-16)23(24)20-12-5-3-10-18(20)22(25)19-11-4-6-13-21(19)23/h3-15H,1-2H3. The van der Waals surface area contributed by atoms with Crippen LogP contribution in [0.1, 0.15) is 57.9 Å². The summed E-state index contributed by atoms with van der Waals surface area (Å²) < 4.78 is 0. The lowest BCUT2D eigenvalue weighted by Gasteiger charge is -2.36. The zero-order valence-electron chi connectivity index (χ0n) is 14.3. The molecule has 1 aliphatic carbocycles. The molecule has 0 heterocycles. The van der Waals surface area contributed by atoms with Crippen molar-refractivity contribution < 1.29 is 4.79 Å². The highest BCUT2D eigenvalue weighted by Crippen LogP contribution is 2.49. The fourth-order valence-electron chi connectivity index (χ4n) is 3.68. The third kappa shape index (κ3) is 2.34. The van der Waals surface area contributed by atoms with Gasteiger partial charge in [-0.25, -0.2) is 0 Å². The average Bonchev–Trinajstić information content (AvgIpc) is 2.66. The Morgan fingerprint density at radius 1 is 0.800 bits per heavy atom. The van der Waals surface area contributed by atoms with Gasteiger partial charge in [0.15, 0.2) is 5.78 Å². The highest BCUT2D eigenvalue weighted by Gasteiger charge is 2.43. The van der Waals surface area contributed by atoms with E-state index in [2.05, 4.69) is 38.1 Å². The van der Waals surface area contributed by atoms with E-state index >= 15 is 0 Å². The van der Waals surface area contributed by atoms with Gasteiger partial charge in [-0.05, 0) is 28.2 Å². The summed E-state index contributed by atoms with van der Waals surface area (Å²) in [7, 11) is 0. The molecule has 3 aromatic carbocycles. The minimum atomic E-state index is -0.855. The van der Waals surface area contributed by atoms with Gasteiger partial charge in [0, 0.05) is 11.1 Å². The van der Waals surface area contributed by atoms with Crippen molar-refractivity contribution in [2.24, 2.45) is 0 Å². The molecular formula is C23H19ClO. The number of ketones is 1. The van der Waals surface area contributed by atoms with Gasteiger partial charge in [0.2, 0.25) is 0 Å². The van der Waals surface area contributed by atoms with Crippen LogP contribution in [-0.2, 0) is 4.87 Å². The van der Waals surface area contributed by atoms with Gasteiger partial charge in [0.05, 0.1) is 0 Å². The van der Waals surface area contributed by atoms with Crippen molar-refractivity contribution in [3.8, 4) is 0 Å². The largest absolute Gasteiger partial charge is 0.289 e. The number of alkyl halides is 1. The van der Waals surface area contributed by atoms with Gasteiger partial charge in [0.1, 0.15) is 4.87 Å². The maximum atomic E-state index is 12.9. The SMILES string of the molecule is CC(C)c1cccc(C2(Cl)c3ccccc3C(=O)c3ccccc32)c1. The molecule has 0 amide bonds. The molecular weight excluding hydrogens is 328 g/mol. The lowest BCUT2D eigenvalue weighted by molar-refractivity contribution is 0.103. The van der Waals surface area contributed by atoms with Gasteiger partial charge in [-0.1, -0.05) is 86.6 Å². The topological polar surface area (TPSA) is 17.1 Å². The van der Waals surface area contributed by atoms with Crippen molar-refractivity contribution in [3.63, 3.8) is 0 Å². The summed E-state index contributed by atoms with van der Waals surface area (Å²) in [5, 5.41) is 0. The fraction of sp³-hybridized carbons (Fsp3) is 0.174. The van der Waals surface area contributed by atoms with Crippen LogP contribution in [0.3, 0.4) is 0 Å². The van der Waals surface area contributed by atoms with E-state index in [1.807, 2.05) is 48.5 Å². The summed E-state index contributed by atoms with van der Waals surface area (Å²) in [6.07, 6.45) is 0. The van der Waals surface area contributed by atoms with E-state index in [9.17, 15) is 4.79 Å². The third-order valence-corrected chi connectivity index (χ3v) is 5.66. The zero-order chi connectivity index (χ0) is 17.6. The molecule has 0 aromatic heterocycles. The first-order chi connectivity index (χ1) is 12.0. The molecule has 2 heteroatoms. The molecule has 4 rings (SSSR count). The van der Waals surface area contributed by atoms with Crippen LogP contribution >= 0.6 is 11.6 Å². The number of hydrogen-bond acceptors (Lipinski definition) is 1. The van der Waals surface area contributed by atoms with Gasteiger partial charge in [0.25, 0.3) is 0 Å². The third-order valence-electron chi connectivity index (χ3n) is 5.04. The second kappa shape index (κ2) is 5.86. The smallest absolute Gasteiger partial charge is 0.193 e. The molecule has 0 radical (unpaired) electrons. The van der Waals surface area contributed by atoms with Crippen molar-refractivity contribution in [2.45, 2.75) is 24.6 Å². The molecule has 25 heavy (non-hydrogen) atoms. The number of carbonyl (C=O) groups is 1. The van der Waals surface area contributed by atoms with E-state index in [1.54, 1.807) is 0 Å². The number of benzene rings is 3. The second-order valence-electron chi connectivity index (χ2n) is 6.86. The molecule has 0 saturated carbocycles. The Labute approximate surface area is 153 Å². The fourth-order valence-corrected chi connectivity index (χ4v) is 4.12. The quantitative estimate of drug-likeness (QED) is 0.529. The van der Waals surface area contributed by atoms with Gasteiger partial charge in [-0.15, -0.1) is 11.6 Å². The Balaban J connectivity index is 2.06. The lowest BCUT2D eigenvalue weighted by atomic mass is 9.73. The molecule has 0 spiro atoms. The predicted octanol–water partition coefficient (Wildman–Crippen LogP) is 5.89. The number of halogens is 1. The minimum absolute atomic E-state index is 0.0440. The van der Waals surface area contributed by atoms with Crippen LogP contribution in [0.25, 0.3) is 0 Å². The lowest BCUT2D eigenvalue weighted by Crippen LogP contribution is -2.32. The summed E-state index contributed by atoms with van der Waals surface area (Å²) in [6.45, 7) is 4.35. The number of rotatable bonds is 2. The highest BCUT2D eigenvalue weighted by molar-refractivity contribution is 6.31. The van der Waals surface area contributed by atoms with Crippen molar-refractivity contribution >= 4 is 17.4 Å². The van der Waals surface area contributed by atoms with E-state index in [-0.39, 0.29) is 5.78 Å². The minimum Gasteiger partial charge on any atom is -0.289 e. The molecule has 3 aromatic rings. The Bertz CT molecular complexity index is 922. The van der Waals surface area contributed by atoms with Crippen molar-refractivity contribution in [3.05, 3.63) is 106 Å². The molecule has 0 fully saturated rings. The molecule has 1 aliphatic rings. The van der Waals surface area contributed by atoms with Gasteiger partial charge >= 0.3 is 0 Å². The van der Waals surface area contributed by atoms with Gasteiger partial charge in [-0.2, -0.15) is 0 Å². The molecule has 0 N–H and O–H groups in total. The maximum Gasteiger partial charge on any atom is 0.193 e. The van der Waals surface area contributed by atoms with E-state index in [0.29, 0.717) is 17.0 Å². The normalized spacial score (nSPS) is 15.0. The highest BCUT2D eigenvalue weighted by atomic mass is 35.5. The Kier molecular flexibility index (Phi) is 3.77. The first-order valence-corrected chi connectivity index (χ1v) is 8.94. The Morgan fingerprint density at radius 3 is 1.92 bits per heavy atom. The Morgan fingerprint density at radius 2 is 1.36 bits per heavy atom. The van der Waals surface area contributed by atoms with Gasteiger partial charge in [-0.3, -0.25) is 4.79 Å². The van der Waals surface area contributed by atoms with E-state index < -0.39 is 4.87 Å². The molecule has 1 nitrogen and oxygen atoms in total. The van der Waals surface area contributed by atoms with Gasteiger partial charge < -0.3 is 0 Å². The summed E-state index contributed by atoms with van der Waals surface area (Å²) >= 11 is 7.35. The summed E-state index contributed by atoms with van der Waals surface area (Å²) in [6, 6.07) is 23.8. The van der Waals surface area contributed by atoms with Crippen molar-refractivity contribution in [1.82, 2.24) is 0 Å². The number of hydrogen-bond donors (Lipinski definition) is 0. The van der Waals surface area contributed by atoms with Crippen LogP contribution < -0.4 is 0 Å². The Hall–Kier alpha value is -2.38. The second-order valence-corrected chi connectivity index (χ2v) is 7.43. The molecule has 0 bridgehead atoms. The van der Waals surface area contributed by atoms with E-state index in [1.165, 1.54) is 5.56 Å². The van der Waals surface area contributed by atoms with Crippen molar-refractivity contribution in [1.29, 1.82) is 0 Å². The molecule has 124 valence electrons. The first-order valence-electron chi connectivity index (χ1n) is 8.56. The van der Waals surface area contributed by atoms with E-state index in [0.717, 1.165) is 16.7 Å². The number of carbonyl (C=O) groups excluding carboxylic acids is 1. The summed E-state index contributed by atoms with van der Waals surface area (Å²) in [4.78, 5) is 12.1. The average molecular weight is 347 g/mol. The van der Waals surface area contributed by atoms with Crippen LogP contribution in [0.2, 0.25) is 0 Å². The zero-order valence-corrected chi connectivity index (χ0v) is 15.0. The summed E-state index contributed by atoms with van der Waals surface area (Å²) in [5.41, 5.74) is 5.34. The molecule has 0 saturated heterocycles. The van der Waals surface area contributed by atoms with E-state index in [4.69, 9.17) is 11.6 Å².